The van der Waals surface area contributed by atoms with Crippen LogP contribution in [0.2, 0.25) is 0 Å². The zero-order chi connectivity index (χ0) is 17.0. The zero-order valence-electron chi connectivity index (χ0n) is 12.5. The van der Waals surface area contributed by atoms with E-state index in [2.05, 4.69) is 0 Å². The molecule has 5 nitrogen and oxygen atoms in total. The van der Waals surface area contributed by atoms with Gasteiger partial charge in [0.2, 0.25) is 0 Å². The van der Waals surface area contributed by atoms with Gasteiger partial charge in [0.15, 0.2) is 0 Å². The van der Waals surface area contributed by atoms with E-state index in [0.717, 1.165) is 0 Å². The van der Waals surface area contributed by atoms with E-state index in [9.17, 15) is 22.8 Å². The molecule has 0 radical (unpaired) electrons. The molecular weight excluding hydrogens is 313 g/mol. The minimum atomic E-state index is -4.88. The van der Waals surface area contributed by atoms with Crippen LogP contribution in [0, 0.1) is 0 Å². The van der Waals surface area contributed by atoms with Crippen molar-refractivity contribution in [2.24, 2.45) is 0 Å². The lowest BCUT2D eigenvalue weighted by Gasteiger charge is -2.32. The van der Waals surface area contributed by atoms with Gasteiger partial charge < -0.3 is 15.0 Å². The van der Waals surface area contributed by atoms with E-state index in [1.165, 1.54) is 7.11 Å². The number of hydrogen-bond acceptors (Lipinski definition) is 3. The SMILES string of the molecule is COc1ccccc1C(=O)N1CCC(NC(=O)C(F)(F)F)CC1. The van der Waals surface area contributed by atoms with Crippen LogP contribution in [0.3, 0.4) is 0 Å². The van der Waals surface area contributed by atoms with Crippen LogP contribution in [0.25, 0.3) is 0 Å². The number of para-hydroxylation sites is 1. The molecule has 1 saturated heterocycles. The minimum Gasteiger partial charge on any atom is -0.496 e. The maximum absolute atomic E-state index is 12.4. The van der Waals surface area contributed by atoms with Gasteiger partial charge >= 0.3 is 12.1 Å². The Hall–Kier alpha value is -2.25. The molecule has 0 spiro atoms. The topological polar surface area (TPSA) is 58.6 Å². The summed E-state index contributed by atoms with van der Waals surface area (Å²) in [6, 6.07) is 6.19. The number of alkyl halides is 3. The number of carbonyl (C=O) groups is 2. The van der Waals surface area contributed by atoms with Crippen molar-refractivity contribution < 1.29 is 27.5 Å². The smallest absolute Gasteiger partial charge is 0.471 e. The van der Waals surface area contributed by atoms with E-state index in [0.29, 0.717) is 11.3 Å². The van der Waals surface area contributed by atoms with Crippen LogP contribution < -0.4 is 10.1 Å². The summed E-state index contributed by atoms with van der Waals surface area (Å²) in [6.45, 7) is 0.555. The minimum absolute atomic E-state index is 0.233. The van der Waals surface area contributed by atoms with Crippen molar-refractivity contribution in [1.82, 2.24) is 10.2 Å². The summed E-state index contributed by atoms with van der Waals surface area (Å²) in [7, 11) is 1.46. The summed E-state index contributed by atoms with van der Waals surface area (Å²) in [4.78, 5) is 24.9. The molecule has 1 aromatic rings. The number of nitrogens with zero attached hydrogens (tertiary/aromatic N) is 1. The Morgan fingerprint density at radius 1 is 1.22 bits per heavy atom. The van der Waals surface area contributed by atoms with Gasteiger partial charge in [-0.25, -0.2) is 0 Å². The Labute approximate surface area is 131 Å². The third-order valence-electron chi connectivity index (χ3n) is 3.71. The van der Waals surface area contributed by atoms with Crippen LogP contribution in [-0.4, -0.2) is 49.1 Å². The van der Waals surface area contributed by atoms with Crippen molar-refractivity contribution in [1.29, 1.82) is 0 Å². The highest BCUT2D eigenvalue weighted by atomic mass is 19.4. The van der Waals surface area contributed by atoms with Gasteiger partial charge in [0.05, 0.1) is 12.7 Å². The lowest BCUT2D eigenvalue weighted by atomic mass is 10.0. The predicted molar refractivity (Wildman–Crippen MR) is 76.1 cm³/mol. The first-order valence-corrected chi connectivity index (χ1v) is 7.13. The number of rotatable bonds is 3. The van der Waals surface area contributed by atoms with Gasteiger partial charge in [0, 0.05) is 19.1 Å². The van der Waals surface area contributed by atoms with Crippen LogP contribution in [0.4, 0.5) is 13.2 Å². The number of likely N-dealkylation sites (tertiary alicyclic amines) is 1. The molecule has 0 saturated carbocycles. The molecule has 0 bridgehead atoms. The van der Waals surface area contributed by atoms with Gasteiger partial charge in [-0.15, -0.1) is 0 Å². The van der Waals surface area contributed by atoms with E-state index in [-0.39, 0.29) is 31.8 Å². The number of nitrogens with one attached hydrogen (secondary N) is 1. The van der Waals surface area contributed by atoms with Gasteiger partial charge in [-0.2, -0.15) is 13.2 Å². The molecule has 8 heteroatoms. The number of piperidine rings is 1. The van der Waals surface area contributed by atoms with Gasteiger partial charge in [0.1, 0.15) is 5.75 Å². The van der Waals surface area contributed by atoms with E-state index >= 15 is 0 Å². The summed E-state index contributed by atoms with van der Waals surface area (Å²) in [5.41, 5.74) is 0.410. The molecule has 2 rings (SSSR count). The second-order valence-electron chi connectivity index (χ2n) is 5.24. The highest BCUT2D eigenvalue weighted by Crippen LogP contribution is 2.22. The average molecular weight is 330 g/mol. The number of amides is 2. The zero-order valence-corrected chi connectivity index (χ0v) is 12.5. The van der Waals surface area contributed by atoms with Crippen LogP contribution >= 0.6 is 0 Å². The number of benzene rings is 1. The van der Waals surface area contributed by atoms with E-state index in [1.807, 2.05) is 5.32 Å². The second-order valence-corrected chi connectivity index (χ2v) is 5.24. The average Bonchev–Trinajstić information content (AvgIpc) is 2.54. The molecule has 1 fully saturated rings. The highest BCUT2D eigenvalue weighted by molar-refractivity contribution is 5.97. The van der Waals surface area contributed by atoms with Crippen molar-refractivity contribution >= 4 is 11.8 Å². The predicted octanol–water partition coefficient (Wildman–Crippen LogP) is 1.98. The summed E-state index contributed by atoms with van der Waals surface area (Å²) >= 11 is 0. The lowest BCUT2D eigenvalue weighted by molar-refractivity contribution is -0.174. The largest absolute Gasteiger partial charge is 0.496 e. The number of ether oxygens (including phenoxy) is 1. The van der Waals surface area contributed by atoms with Gasteiger partial charge in [-0.3, -0.25) is 9.59 Å². The highest BCUT2D eigenvalue weighted by Gasteiger charge is 2.40. The Morgan fingerprint density at radius 2 is 1.83 bits per heavy atom. The first-order chi connectivity index (χ1) is 10.8. The maximum atomic E-state index is 12.4. The third kappa shape index (κ3) is 4.14. The van der Waals surface area contributed by atoms with Crippen LogP contribution in [0.1, 0.15) is 23.2 Å². The van der Waals surface area contributed by atoms with Crippen molar-refractivity contribution in [2.75, 3.05) is 20.2 Å². The summed E-state index contributed by atoms with van der Waals surface area (Å²) in [6.07, 6.45) is -4.32. The fourth-order valence-corrected chi connectivity index (χ4v) is 2.49. The fourth-order valence-electron chi connectivity index (χ4n) is 2.49. The number of halogens is 3. The van der Waals surface area contributed by atoms with Crippen molar-refractivity contribution in [2.45, 2.75) is 25.1 Å². The summed E-state index contributed by atoms with van der Waals surface area (Å²) in [5.74, 6) is -1.72. The number of hydrogen-bond donors (Lipinski definition) is 1. The Kier molecular flexibility index (Phi) is 5.12. The van der Waals surface area contributed by atoms with Crippen molar-refractivity contribution in [3.8, 4) is 5.75 Å². The molecule has 1 heterocycles. The third-order valence-corrected chi connectivity index (χ3v) is 3.71. The molecule has 0 atom stereocenters. The van der Waals surface area contributed by atoms with Gasteiger partial charge in [-0.05, 0) is 25.0 Å². The monoisotopic (exact) mass is 330 g/mol. The normalized spacial score (nSPS) is 16.1. The standard InChI is InChI=1S/C15H17F3N2O3/c1-23-12-5-3-2-4-11(12)13(21)20-8-6-10(7-9-20)19-14(22)15(16,17)18/h2-5,10H,6-9H2,1H3,(H,19,22). The van der Waals surface area contributed by atoms with Crippen LogP contribution in [-0.2, 0) is 4.79 Å². The quantitative estimate of drug-likeness (QED) is 0.922. The first kappa shape index (κ1) is 17.1. The Balaban J connectivity index is 1.94. The first-order valence-electron chi connectivity index (χ1n) is 7.13. The summed E-state index contributed by atoms with van der Waals surface area (Å²) < 4.78 is 41.8. The number of carbonyl (C=O) groups excluding carboxylic acids is 2. The fraction of sp³-hybridized carbons (Fsp3) is 0.467. The van der Waals surface area contributed by atoms with Gasteiger partial charge in [0.25, 0.3) is 5.91 Å². The van der Waals surface area contributed by atoms with E-state index in [1.54, 1.807) is 29.2 Å². The van der Waals surface area contributed by atoms with Crippen molar-refractivity contribution in [3.05, 3.63) is 29.8 Å². The maximum Gasteiger partial charge on any atom is 0.471 e. The molecule has 1 N–H and O–H groups in total. The molecule has 1 aliphatic heterocycles. The van der Waals surface area contributed by atoms with Crippen LogP contribution in [0.15, 0.2) is 24.3 Å². The molecular formula is C15H17F3N2O3. The van der Waals surface area contributed by atoms with Crippen molar-refractivity contribution in [3.63, 3.8) is 0 Å². The molecule has 23 heavy (non-hydrogen) atoms. The number of methoxy groups -OCH3 is 1. The van der Waals surface area contributed by atoms with E-state index < -0.39 is 18.1 Å². The lowest BCUT2D eigenvalue weighted by Crippen LogP contribution is -2.49. The molecule has 0 unspecified atom stereocenters. The molecule has 1 aliphatic rings. The summed E-state index contributed by atoms with van der Waals surface area (Å²) in [5, 5.41) is 1.95. The van der Waals surface area contributed by atoms with Crippen LogP contribution in [0.5, 0.6) is 5.75 Å². The molecule has 126 valence electrons. The molecule has 0 aliphatic carbocycles. The van der Waals surface area contributed by atoms with Gasteiger partial charge in [-0.1, -0.05) is 12.1 Å². The molecule has 0 aromatic heterocycles. The second kappa shape index (κ2) is 6.89. The Bertz CT molecular complexity index is 582. The molecule has 1 aromatic carbocycles. The molecule has 2 amide bonds. The Morgan fingerprint density at radius 3 is 2.39 bits per heavy atom. The van der Waals surface area contributed by atoms with E-state index in [4.69, 9.17) is 4.74 Å².